The molecule has 0 radical (unpaired) electrons. The van der Waals surface area contributed by atoms with Gasteiger partial charge in [-0.2, -0.15) is 11.8 Å². The number of furan rings is 1. The SMILES string of the molecule is Cc1noc(C)c1C(=O)NC[C@H](c1ccoc1)N1CCSCC1. The molecular formula is C16H21N3O3S. The van der Waals surface area contributed by atoms with Crippen molar-refractivity contribution in [2.24, 2.45) is 0 Å². The first-order valence-electron chi connectivity index (χ1n) is 7.71. The summed E-state index contributed by atoms with van der Waals surface area (Å²) in [6.45, 7) is 6.10. The molecule has 1 saturated heterocycles. The fourth-order valence-corrected chi connectivity index (χ4v) is 3.83. The molecule has 124 valence electrons. The highest BCUT2D eigenvalue weighted by Gasteiger charge is 2.25. The third kappa shape index (κ3) is 3.61. The molecule has 6 nitrogen and oxygen atoms in total. The van der Waals surface area contributed by atoms with Crippen LogP contribution in [-0.2, 0) is 0 Å². The molecule has 1 fully saturated rings. The number of nitrogens with zero attached hydrogens (tertiary/aromatic N) is 2. The predicted octanol–water partition coefficient (Wildman–Crippen LogP) is 2.40. The normalized spacial score (nSPS) is 17.1. The van der Waals surface area contributed by atoms with E-state index in [1.54, 1.807) is 26.4 Å². The molecule has 2 aromatic heterocycles. The Morgan fingerprint density at radius 1 is 1.43 bits per heavy atom. The summed E-state index contributed by atoms with van der Waals surface area (Å²) in [6, 6.07) is 2.09. The topological polar surface area (TPSA) is 71.5 Å². The molecule has 3 heterocycles. The van der Waals surface area contributed by atoms with E-state index in [1.165, 1.54) is 0 Å². The van der Waals surface area contributed by atoms with E-state index in [0.717, 1.165) is 30.2 Å². The van der Waals surface area contributed by atoms with Crippen molar-refractivity contribution in [2.75, 3.05) is 31.1 Å². The third-order valence-corrected chi connectivity index (χ3v) is 5.07. The van der Waals surface area contributed by atoms with Crippen LogP contribution in [-0.4, -0.2) is 47.1 Å². The Balaban J connectivity index is 1.70. The number of hydrogen-bond acceptors (Lipinski definition) is 6. The minimum atomic E-state index is -0.138. The number of amides is 1. The smallest absolute Gasteiger partial charge is 0.256 e. The lowest BCUT2D eigenvalue weighted by molar-refractivity contribution is 0.0932. The van der Waals surface area contributed by atoms with Gasteiger partial charge in [-0.05, 0) is 19.9 Å². The molecule has 0 spiro atoms. The highest BCUT2D eigenvalue weighted by Crippen LogP contribution is 2.24. The molecule has 3 rings (SSSR count). The second-order valence-corrected chi connectivity index (χ2v) is 6.85. The molecule has 0 saturated carbocycles. The lowest BCUT2D eigenvalue weighted by atomic mass is 10.1. The van der Waals surface area contributed by atoms with Gasteiger partial charge < -0.3 is 14.3 Å². The van der Waals surface area contributed by atoms with Gasteiger partial charge in [0.25, 0.3) is 5.91 Å². The largest absolute Gasteiger partial charge is 0.472 e. The van der Waals surface area contributed by atoms with Crippen molar-refractivity contribution < 1.29 is 13.7 Å². The van der Waals surface area contributed by atoms with E-state index in [-0.39, 0.29) is 11.9 Å². The van der Waals surface area contributed by atoms with Gasteiger partial charge in [0.1, 0.15) is 11.3 Å². The number of aromatic nitrogens is 1. The molecule has 0 unspecified atom stereocenters. The van der Waals surface area contributed by atoms with Crippen LogP contribution in [0.2, 0.25) is 0 Å². The summed E-state index contributed by atoms with van der Waals surface area (Å²) in [4.78, 5) is 14.8. The van der Waals surface area contributed by atoms with Gasteiger partial charge in [0.05, 0.1) is 24.3 Å². The van der Waals surface area contributed by atoms with Crippen LogP contribution in [0.3, 0.4) is 0 Å². The molecule has 1 N–H and O–H groups in total. The minimum absolute atomic E-state index is 0.124. The summed E-state index contributed by atoms with van der Waals surface area (Å²) >= 11 is 1.97. The maximum atomic E-state index is 12.4. The van der Waals surface area contributed by atoms with Crippen molar-refractivity contribution in [1.29, 1.82) is 0 Å². The molecule has 0 aliphatic carbocycles. The molecule has 7 heteroatoms. The standard InChI is InChI=1S/C16H21N3O3S/c1-11-15(12(2)22-18-11)16(20)17-9-14(13-3-6-21-10-13)19-4-7-23-8-5-19/h3,6,10,14H,4-5,7-9H2,1-2H3,(H,17,20)/t14-/m1/s1. The van der Waals surface area contributed by atoms with E-state index >= 15 is 0 Å². The number of carbonyl (C=O) groups excluding carboxylic acids is 1. The van der Waals surface area contributed by atoms with Crippen LogP contribution < -0.4 is 5.32 Å². The van der Waals surface area contributed by atoms with Crippen LogP contribution in [0.15, 0.2) is 27.5 Å². The monoisotopic (exact) mass is 335 g/mol. The number of carbonyl (C=O) groups is 1. The van der Waals surface area contributed by atoms with E-state index in [9.17, 15) is 4.79 Å². The highest BCUT2D eigenvalue weighted by molar-refractivity contribution is 7.99. The van der Waals surface area contributed by atoms with E-state index in [0.29, 0.717) is 23.6 Å². The molecular weight excluding hydrogens is 314 g/mol. The van der Waals surface area contributed by atoms with Crippen LogP contribution in [0, 0.1) is 13.8 Å². The lowest BCUT2D eigenvalue weighted by Gasteiger charge is -2.33. The zero-order chi connectivity index (χ0) is 16.2. The van der Waals surface area contributed by atoms with Crippen LogP contribution in [0.25, 0.3) is 0 Å². The summed E-state index contributed by atoms with van der Waals surface area (Å²) in [7, 11) is 0. The van der Waals surface area contributed by atoms with Crippen molar-refractivity contribution in [1.82, 2.24) is 15.4 Å². The Labute approximate surface area is 139 Å². The van der Waals surface area contributed by atoms with Crippen LogP contribution >= 0.6 is 11.8 Å². The molecule has 23 heavy (non-hydrogen) atoms. The first-order chi connectivity index (χ1) is 11.2. The van der Waals surface area contributed by atoms with Gasteiger partial charge in [-0.15, -0.1) is 0 Å². The Morgan fingerprint density at radius 3 is 2.83 bits per heavy atom. The van der Waals surface area contributed by atoms with Crippen molar-refractivity contribution in [3.8, 4) is 0 Å². The second-order valence-electron chi connectivity index (χ2n) is 5.63. The molecule has 2 aromatic rings. The summed E-state index contributed by atoms with van der Waals surface area (Å²) in [5.41, 5.74) is 2.25. The molecule has 0 aromatic carbocycles. The van der Waals surface area contributed by atoms with Gasteiger partial charge in [-0.3, -0.25) is 9.69 Å². The quantitative estimate of drug-likeness (QED) is 0.905. The summed E-state index contributed by atoms with van der Waals surface area (Å²) in [5.74, 6) is 2.65. The van der Waals surface area contributed by atoms with Crippen LogP contribution in [0.5, 0.6) is 0 Å². The van der Waals surface area contributed by atoms with Gasteiger partial charge in [-0.25, -0.2) is 0 Å². The summed E-state index contributed by atoms with van der Waals surface area (Å²) in [6.07, 6.45) is 3.44. The lowest BCUT2D eigenvalue weighted by Crippen LogP contribution is -2.42. The number of aryl methyl sites for hydroxylation is 2. The van der Waals surface area contributed by atoms with E-state index in [1.807, 2.05) is 17.8 Å². The maximum absolute atomic E-state index is 12.4. The molecule has 1 aliphatic rings. The van der Waals surface area contributed by atoms with Gasteiger partial charge in [0.15, 0.2) is 0 Å². The average Bonchev–Trinajstić information content (AvgIpc) is 3.19. The van der Waals surface area contributed by atoms with Gasteiger partial charge in [0.2, 0.25) is 0 Å². The van der Waals surface area contributed by atoms with Crippen molar-refractivity contribution in [2.45, 2.75) is 19.9 Å². The summed E-state index contributed by atoms with van der Waals surface area (Å²) in [5, 5.41) is 6.86. The molecule has 1 aliphatic heterocycles. The Morgan fingerprint density at radius 2 is 2.22 bits per heavy atom. The van der Waals surface area contributed by atoms with Crippen LogP contribution in [0.4, 0.5) is 0 Å². The first-order valence-corrected chi connectivity index (χ1v) is 8.87. The van der Waals surface area contributed by atoms with Crippen molar-refractivity contribution >= 4 is 17.7 Å². The number of hydrogen-bond donors (Lipinski definition) is 1. The fraction of sp³-hybridized carbons (Fsp3) is 0.500. The van der Waals surface area contributed by atoms with E-state index in [4.69, 9.17) is 8.94 Å². The zero-order valence-corrected chi connectivity index (χ0v) is 14.2. The molecule has 1 amide bonds. The Kier molecular flexibility index (Phi) is 5.07. The highest BCUT2D eigenvalue weighted by atomic mass is 32.2. The zero-order valence-electron chi connectivity index (χ0n) is 13.4. The third-order valence-electron chi connectivity index (χ3n) is 4.13. The van der Waals surface area contributed by atoms with Gasteiger partial charge in [0, 0.05) is 36.7 Å². The number of thioether (sulfide) groups is 1. The fourth-order valence-electron chi connectivity index (χ4n) is 2.90. The van der Waals surface area contributed by atoms with Crippen LogP contribution in [0.1, 0.15) is 33.4 Å². The number of nitrogens with one attached hydrogen (secondary N) is 1. The summed E-state index contributed by atoms with van der Waals surface area (Å²) < 4.78 is 10.3. The Hall–Kier alpha value is -1.73. The van der Waals surface area contributed by atoms with Gasteiger partial charge in [-0.1, -0.05) is 5.16 Å². The molecule has 1 atom stereocenters. The predicted molar refractivity (Wildman–Crippen MR) is 88.7 cm³/mol. The van der Waals surface area contributed by atoms with E-state index in [2.05, 4.69) is 15.4 Å². The second kappa shape index (κ2) is 7.23. The van der Waals surface area contributed by atoms with Gasteiger partial charge >= 0.3 is 0 Å². The first kappa shape index (κ1) is 16.1. The maximum Gasteiger partial charge on any atom is 0.256 e. The Bertz CT molecular complexity index is 628. The minimum Gasteiger partial charge on any atom is -0.472 e. The number of rotatable bonds is 5. The average molecular weight is 335 g/mol. The van der Waals surface area contributed by atoms with E-state index < -0.39 is 0 Å². The molecule has 0 bridgehead atoms. The van der Waals surface area contributed by atoms with Crippen molar-refractivity contribution in [3.05, 3.63) is 41.2 Å². The van der Waals surface area contributed by atoms with Crippen molar-refractivity contribution in [3.63, 3.8) is 0 Å².